The highest BCUT2D eigenvalue weighted by Gasteiger charge is 2.32. The highest BCUT2D eigenvalue weighted by Crippen LogP contribution is 2.33. The highest BCUT2D eigenvalue weighted by atomic mass is 32.2. The van der Waals surface area contributed by atoms with Crippen molar-refractivity contribution >= 4 is 34.1 Å². The quantitative estimate of drug-likeness (QED) is 0.619. The van der Waals surface area contributed by atoms with Gasteiger partial charge in [0.15, 0.2) is 4.34 Å². The van der Waals surface area contributed by atoms with Crippen LogP contribution in [0.5, 0.6) is 0 Å². The number of nitrogens with two attached hydrogens (primary N) is 1. The Morgan fingerprint density at radius 1 is 1.30 bits per heavy atom. The lowest BCUT2D eigenvalue weighted by molar-refractivity contribution is -0.120. The smallest absolute Gasteiger partial charge is 0.229 e. The Balaban J connectivity index is 1.54. The molecule has 1 aromatic heterocycles. The maximum absolute atomic E-state index is 12.3. The van der Waals surface area contributed by atoms with Crippen molar-refractivity contribution in [2.45, 2.75) is 29.4 Å². The van der Waals surface area contributed by atoms with Crippen molar-refractivity contribution in [3.05, 3.63) is 35.9 Å². The van der Waals surface area contributed by atoms with E-state index < -0.39 is 0 Å². The van der Waals surface area contributed by atoms with Gasteiger partial charge in [0.05, 0.1) is 0 Å². The third-order valence-electron chi connectivity index (χ3n) is 4.14. The van der Waals surface area contributed by atoms with Crippen molar-refractivity contribution in [1.82, 2.24) is 10.2 Å². The van der Waals surface area contributed by atoms with Crippen molar-refractivity contribution in [2.24, 2.45) is 17.6 Å². The topological polar surface area (TPSA) is 80.9 Å². The molecule has 1 fully saturated rings. The Labute approximate surface area is 144 Å². The standard InChI is InChI=1S/C16H20N4OS2/c17-9-12-7-4-8-13(12)14(21)18-15-19-20-16(23-15)22-10-11-5-2-1-3-6-11/h1-3,5-6,12-13H,4,7-10,17H2,(H,18,19,21)/t12-,13-/m1/s1. The van der Waals surface area contributed by atoms with Crippen LogP contribution in [0, 0.1) is 11.8 Å². The molecule has 122 valence electrons. The average Bonchev–Trinajstić information content (AvgIpc) is 3.22. The molecule has 5 nitrogen and oxygen atoms in total. The molecule has 1 aliphatic rings. The molecular formula is C16H20N4OS2. The molecule has 0 bridgehead atoms. The van der Waals surface area contributed by atoms with Crippen LogP contribution in [0.2, 0.25) is 0 Å². The van der Waals surface area contributed by atoms with Gasteiger partial charge in [0.2, 0.25) is 11.0 Å². The number of nitrogens with zero attached hydrogens (tertiary/aromatic N) is 2. The fraction of sp³-hybridized carbons (Fsp3) is 0.438. The van der Waals surface area contributed by atoms with E-state index in [2.05, 4.69) is 27.6 Å². The molecule has 1 saturated carbocycles. The number of hydrogen-bond acceptors (Lipinski definition) is 6. The van der Waals surface area contributed by atoms with E-state index >= 15 is 0 Å². The van der Waals surface area contributed by atoms with Crippen molar-refractivity contribution < 1.29 is 4.79 Å². The molecule has 0 radical (unpaired) electrons. The first kappa shape index (κ1) is 16.4. The molecular weight excluding hydrogens is 328 g/mol. The second-order valence-electron chi connectivity index (χ2n) is 5.67. The lowest BCUT2D eigenvalue weighted by atomic mass is 9.95. The minimum atomic E-state index is 0.0179. The number of thioether (sulfide) groups is 1. The van der Waals surface area contributed by atoms with Crippen LogP contribution in [-0.4, -0.2) is 22.6 Å². The summed E-state index contributed by atoms with van der Waals surface area (Å²) in [6.45, 7) is 0.576. The van der Waals surface area contributed by atoms with Crippen molar-refractivity contribution in [1.29, 1.82) is 0 Å². The predicted molar refractivity (Wildman–Crippen MR) is 94.4 cm³/mol. The molecule has 1 amide bonds. The molecule has 0 unspecified atom stereocenters. The minimum absolute atomic E-state index is 0.0179. The number of amides is 1. The average molecular weight is 348 g/mol. The van der Waals surface area contributed by atoms with Crippen LogP contribution >= 0.6 is 23.1 Å². The largest absolute Gasteiger partial charge is 0.330 e. The van der Waals surface area contributed by atoms with Gasteiger partial charge in [-0.2, -0.15) is 0 Å². The number of nitrogens with one attached hydrogen (secondary N) is 1. The van der Waals surface area contributed by atoms with Gasteiger partial charge in [-0.3, -0.25) is 4.79 Å². The van der Waals surface area contributed by atoms with E-state index in [0.29, 0.717) is 17.6 Å². The first-order valence-electron chi connectivity index (χ1n) is 7.77. The summed E-state index contributed by atoms with van der Waals surface area (Å²) in [5.41, 5.74) is 6.99. The van der Waals surface area contributed by atoms with Crippen LogP contribution in [0.1, 0.15) is 24.8 Å². The Morgan fingerprint density at radius 3 is 2.91 bits per heavy atom. The Morgan fingerprint density at radius 2 is 2.13 bits per heavy atom. The Bertz CT molecular complexity index is 647. The number of anilines is 1. The van der Waals surface area contributed by atoms with E-state index in [1.54, 1.807) is 11.8 Å². The first-order valence-corrected chi connectivity index (χ1v) is 9.57. The normalized spacial score (nSPS) is 20.6. The van der Waals surface area contributed by atoms with Crippen molar-refractivity contribution in [2.75, 3.05) is 11.9 Å². The summed E-state index contributed by atoms with van der Waals surface area (Å²) in [4.78, 5) is 12.3. The van der Waals surface area contributed by atoms with E-state index in [-0.39, 0.29) is 11.8 Å². The number of aromatic nitrogens is 2. The zero-order chi connectivity index (χ0) is 16.1. The number of benzene rings is 1. The molecule has 3 rings (SSSR count). The first-order chi connectivity index (χ1) is 11.3. The van der Waals surface area contributed by atoms with Crippen molar-refractivity contribution in [3.63, 3.8) is 0 Å². The van der Waals surface area contributed by atoms with Gasteiger partial charge in [-0.05, 0) is 30.9 Å². The molecule has 2 atom stereocenters. The lowest BCUT2D eigenvalue weighted by Gasteiger charge is -2.15. The second kappa shape index (κ2) is 7.90. The Kier molecular flexibility index (Phi) is 5.64. The molecule has 1 aromatic carbocycles. The molecule has 1 aliphatic carbocycles. The van der Waals surface area contributed by atoms with Gasteiger partial charge in [-0.15, -0.1) is 10.2 Å². The molecule has 1 heterocycles. The van der Waals surface area contributed by atoms with Gasteiger partial charge < -0.3 is 11.1 Å². The van der Waals surface area contributed by atoms with Crippen molar-refractivity contribution in [3.8, 4) is 0 Å². The second-order valence-corrected chi connectivity index (χ2v) is 7.87. The lowest BCUT2D eigenvalue weighted by Crippen LogP contribution is -2.29. The van der Waals surface area contributed by atoms with Gasteiger partial charge in [0.1, 0.15) is 0 Å². The maximum atomic E-state index is 12.3. The van der Waals surface area contributed by atoms with Crippen LogP contribution in [0.25, 0.3) is 0 Å². The number of hydrogen-bond donors (Lipinski definition) is 2. The zero-order valence-electron chi connectivity index (χ0n) is 12.8. The van der Waals surface area contributed by atoms with E-state index in [9.17, 15) is 4.79 Å². The maximum Gasteiger partial charge on any atom is 0.229 e. The van der Waals surface area contributed by atoms with Gasteiger partial charge >= 0.3 is 0 Å². The number of carbonyl (C=O) groups excluding carboxylic acids is 1. The van der Waals surface area contributed by atoms with Crippen LogP contribution in [0.15, 0.2) is 34.7 Å². The Hall–Kier alpha value is -1.44. The summed E-state index contributed by atoms with van der Waals surface area (Å²) in [6.07, 6.45) is 3.04. The fourth-order valence-corrected chi connectivity index (χ4v) is 4.61. The predicted octanol–water partition coefficient (Wildman–Crippen LogP) is 3.14. The summed E-state index contributed by atoms with van der Waals surface area (Å²) >= 11 is 3.06. The fourth-order valence-electron chi connectivity index (χ4n) is 2.90. The summed E-state index contributed by atoms with van der Waals surface area (Å²) in [5, 5.41) is 11.7. The molecule has 0 spiro atoms. The summed E-state index contributed by atoms with van der Waals surface area (Å²) in [5.74, 6) is 1.20. The van der Waals surface area contributed by atoms with E-state index in [1.807, 2.05) is 18.2 Å². The van der Waals surface area contributed by atoms with Crippen LogP contribution in [0.3, 0.4) is 0 Å². The molecule has 0 saturated heterocycles. The van der Waals surface area contributed by atoms with Crippen LogP contribution in [0.4, 0.5) is 5.13 Å². The monoisotopic (exact) mass is 348 g/mol. The van der Waals surface area contributed by atoms with E-state index in [1.165, 1.54) is 16.9 Å². The number of rotatable bonds is 6. The minimum Gasteiger partial charge on any atom is -0.330 e. The van der Waals surface area contributed by atoms with Gasteiger partial charge in [-0.25, -0.2) is 0 Å². The summed E-state index contributed by atoms with van der Waals surface area (Å²) in [6, 6.07) is 10.2. The van der Waals surface area contributed by atoms with E-state index in [4.69, 9.17) is 5.73 Å². The highest BCUT2D eigenvalue weighted by molar-refractivity contribution is 8.00. The van der Waals surface area contributed by atoms with E-state index in [0.717, 1.165) is 29.4 Å². The van der Waals surface area contributed by atoms with Gasteiger partial charge in [0.25, 0.3) is 0 Å². The molecule has 0 aliphatic heterocycles. The van der Waals surface area contributed by atoms with Gasteiger partial charge in [0, 0.05) is 11.7 Å². The molecule has 7 heteroatoms. The van der Waals surface area contributed by atoms with Gasteiger partial charge in [-0.1, -0.05) is 59.9 Å². The third kappa shape index (κ3) is 4.31. The summed E-state index contributed by atoms with van der Waals surface area (Å²) < 4.78 is 0.867. The van der Waals surface area contributed by atoms with Crippen LogP contribution < -0.4 is 11.1 Å². The van der Waals surface area contributed by atoms with Crippen LogP contribution in [-0.2, 0) is 10.5 Å². The molecule has 23 heavy (non-hydrogen) atoms. The molecule has 3 N–H and O–H groups in total. The SMILES string of the molecule is NC[C@H]1CCC[C@H]1C(=O)Nc1nnc(SCc2ccccc2)s1. The molecule has 2 aromatic rings. The zero-order valence-corrected chi connectivity index (χ0v) is 14.4. The third-order valence-corrected chi connectivity index (χ3v) is 6.18. The number of carbonyl (C=O) groups is 1. The summed E-state index contributed by atoms with van der Waals surface area (Å²) in [7, 11) is 0.